The Balaban J connectivity index is 1.58. The fourth-order valence-corrected chi connectivity index (χ4v) is 8.04. The minimum Gasteiger partial charge on any atom is -0.338 e. The van der Waals surface area contributed by atoms with Crippen molar-refractivity contribution in [1.82, 2.24) is 0 Å². The zero-order chi connectivity index (χ0) is 19.0. The SMILES string of the molecule is C[C@@H]1[C@@H]2CC[C@@H](C)[C@@H]3CC[C@@]4(C)O[C@@H](O[C@@H]1S(=O)(=O)c1ccccc1)[C@]23O4. The van der Waals surface area contributed by atoms with E-state index in [0.717, 1.165) is 25.7 Å². The molecule has 0 radical (unpaired) electrons. The molecular formula is C21H28O5S. The fraction of sp³-hybridized carbons (Fsp3) is 0.714. The minimum absolute atomic E-state index is 0.128. The lowest BCUT2D eigenvalue weighted by atomic mass is 9.57. The van der Waals surface area contributed by atoms with Crippen LogP contribution in [-0.2, 0) is 24.0 Å². The van der Waals surface area contributed by atoms with Crippen molar-refractivity contribution in [3.8, 4) is 0 Å². The van der Waals surface area contributed by atoms with Gasteiger partial charge in [0, 0.05) is 12.3 Å². The number of sulfone groups is 1. The number of benzene rings is 1. The highest BCUT2D eigenvalue weighted by atomic mass is 32.2. The Morgan fingerprint density at radius 3 is 2.52 bits per heavy atom. The molecule has 6 heteroatoms. The number of ether oxygens (including phenoxy) is 3. The van der Waals surface area contributed by atoms with Crippen LogP contribution in [0.25, 0.3) is 0 Å². The molecule has 0 amide bonds. The maximum Gasteiger partial charge on any atom is 0.205 e. The van der Waals surface area contributed by atoms with Gasteiger partial charge in [-0.1, -0.05) is 32.0 Å². The van der Waals surface area contributed by atoms with Gasteiger partial charge in [0.05, 0.1) is 4.90 Å². The van der Waals surface area contributed by atoms with E-state index in [1.807, 2.05) is 19.9 Å². The highest BCUT2D eigenvalue weighted by molar-refractivity contribution is 7.92. The van der Waals surface area contributed by atoms with Crippen LogP contribution in [0, 0.1) is 23.7 Å². The van der Waals surface area contributed by atoms with E-state index in [1.165, 1.54) is 0 Å². The summed E-state index contributed by atoms with van der Waals surface area (Å²) in [4.78, 5) is 0.312. The molecule has 1 aromatic rings. The van der Waals surface area contributed by atoms with Crippen molar-refractivity contribution < 1.29 is 22.6 Å². The van der Waals surface area contributed by atoms with Crippen molar-refractivity contribution in [1.29, 1.82) is 0 Å². The Kier molecular flexibility index (Phi) is 3.88. The van der Waals surface area contributed by atoms with Crippen molar-refractivity contribution in [3.63, 3.8) is 0 Å². The molecule has 4 aliphatic rings. The smallest absolute Gasteiger partial charge is 0.205 e. The standard InChI is InChI=1S/C21H28O5S/c1-13-9-10-17-14(2)18(27(22,23)15-7-5-4-6-8-15)24-19-21(17)16(13)11-12-20(3,25-19)26-21/h4-8,13-14,16-19H,9-12H2,1-3H3/t13-,14-,16+,17+,18-,19-,20+,21-/m1/s1. The zero-order valence-electron chi connectivity index (χ0n) is 16.1. The van der Waals surface area contributed by atoms with Gasteiger partial charge < -0.3 is 14.2 Å². The Bertz CT molecular complexity index is 839. The molecule has 1 aromatic carbocycles. The summed E-state index contributed by atoms with van der Waals surface area (Å²) in [6, 6.07) is 8.62. The quantitative estimate of drug-likeness (QED) is 0.767. The van der Waals surface area contributed by atoms with Gasteiger partial charge in [0.15, 0.2) is 17.5 Å². The first kappa shape index (κ1) is 18.1. The largest absolute Gasteiger partial charge is 0.338 e. The van der Waals surface area contributed by atoms with E-state index in [2.05, 4.69) is 6.92 Å². The number of fused-ring (bicyclic) bond motifs is 1. The van der Waals surface area contributed by atoms with Gasteiger partial charge in [-0.2, -0.15) is 0 Å². The molecule has 5 nitrogen and oxygen atoms in total. The van der Waals surface area contributed by atoms with Gasteiger partial charge in [0.25, 0.3) is 0 Å². The van der Waals surface area contributed by atoms with Crippen molar-refractivity contribution in [3.05, 3.63) is 30.3 Å². The molecule has 8 atom stereocenters. The van der Waals surface area contributed by atoms with E-state index in [-0.39, 0.29) is 11.8 Å². The first-order valence-corrected chi connectivity index (χ1v) is 11.6. The molecule has 3 saturated heterocycles. The van der Waals surface area contributed by atoms with Gasteiger partial charge in [-0.25, -0.2) is 8.42 Å². The Morgan fingerprint density at radius 1 is 1.04 bits per heavy atom. The predicted molar refractivity (Wildman–Crippen MR) is 99.4 cm³/mol. The van der Waals surface area contributed by atoms with E-state index < -0.39 is 33.0 Å². The Labute approximate surface area is 161 Å². The second kappa shape index (κ2) is 5.78. The van der Waals surface area contributed by atoms with Gasteiger partial charge >= 0.3 is 0 Å². The monoisotopic (exact) mass is 392 g/mol. The second-order valence-electron chi connectivity index (χ2n) is 9.07. The third-order valence-corrected chi connectivity index (χ3v) is 9.59. The van der Waals surface area contributed by atoms with E-state index >= 15 is 0 Å². The lowest BCUT2D eigenvalue weighted by molar-refractivity contribution is -0.276. The summed E-state index contributed by atoms with van der Waals surface area (Å²) in [6.07, 6.45) is 3.34. The first-order chi connectivity index (χ1) is 12.8. The van der Waals surface area contributed by atoms with Gasteiger partial charge in [0.1, 0.15) is 5.60 Å². The van der Waals surface area contributed by atoms with Crippen molar-refractivity contribution in [2.45, 2.75) is 74.5 Å². The fourth-order valence-electron chi connectivity index (χ4n) is 6.24. The molecule has 148 valence electrons. The maximum absolute atomic E-state index is 13.4. The molecule has 1 saturated carbocycles. The molecule has 0 N–H and O–H groups in total. The molecule has 27 heavy (non-hydrogen) atoms. The van der Waals surface area contributed by atoms with Gasteiger partial charge in [-0.05, 0) is 56.1 Å². The summed E-state index contributed by atoms with van der Waals surface area (Å²) in [5.41, 5.74) is -1.41. The summed E-state index contributed by atoms with van der Waals surface area (Å²) in [5, 5.41) is 0. The van der Waals surface area contributed by atoms with Crippen LogP contribution in [0.1, 0.15) is 46.5 Å². The van der Waals surface area contributed by atoms with Crippen LogP contribution in [0.15, 0.2) is 35.2 Å². The van der Waals surface area contributed by atoms with E-state index in [0.29, 0.717) is 16.7 Å². The third-order valence-electron chi connectivity index (χ3n) is 7.51. The number of hydrogen-bond donors (Lipinski definition) is 0. The third kappa shape index (κ3) is 2.36. The van der Waals surface area contributed by atoms with Crippen LogP contribution in [0.4, 0.5) is 0 Å². The molecule has 0 aromatic heterocycles. The molecule has 1 aliphatic carbocycles. The predicted octanol–water partition coefficient (Wildman–Crippen LogP) is 3.74. The van der Waals surface area contributed by atoms with Crippen LogP contribution >= 0.6 is 0 Å². The highest BCUT2D eigenvalue weighted by Crippen LogP contribution is 2.63. The summed E-state index contributed by atoms with van der Waals surface area (Å²) in [6.45, 7) is 6.28. The Morgan fingerprint density at radius 2 is 1.78 bits per heavy atom. The molecule has 5 rings (SSSR count). The van der Waals surface area contributed by atoms with Crippen LogP contribution in [0.2, 0.25) is 0 Å². The topological polar surface area (TPSA) is 61.8 Å². The molecule has 3 aliphatic heterocycles. The van der Waals surface area contributed by atoms with E-state index in [4.69, 9.17) is 14.2 Å². The lowest BCUT2D eigenvalue weighted by Gasteiger charge is -2.58. The van der Waals surface area contributed by atoms with Crippen LogP contribution in [0.3, 0.4) is 0 Å². The highest BCUT2D eigenvalue weighted by Gasteiger charge is 2.72. The number of rotatable bonds is 2. The van der Waals surface area contributed by atoms with Crippen LogP contribution < -0.4 is 0 Å². The van der Waals surface area contributed by atoms with Gasteiger partial charge in [-0.15, -0.1) is 0 Å². The summed E-state index contributed by atoms with van der Waals surface area (Å²) in [5.74, 6) is 0.211. The van der Waals surface area contributed by atoms with Crippen molar-refractivity contribution >= 4 is 9.84 Å². The van der Waals surface area contributed by atoms with E-state index in [1.54, 1.807) is 24.3 Å². The molecule has 0 unspecified atom stereocenters. The van der Waals surface area contributed by atoms with Crippen LogP contribution in [0.5, 0.6) is 0 Å². The molecular weight excluding hydrogens is 364 g/mol. The molecule has 4 fully saturated rings. The van der Waals surface area contributed by atoms with Crippen molar-refractivity contribution in [2.75, 3.05) is 0 Å². The molecule has 1 spiro atoms. The van der Waals surface area contributed by atoms with Gasteiger partial charge in [-0.3, -0.25) is 0 Å². The van der Waals surface area contributed by atoms with Crippen LogP contribution in [-0.4, -0.2) is 31.5 Å². The van der Waals surface area contributed by atoms with Gasteiger partial charge in [0.2, 0.25) is 9.84 Å². The average molecular weight is 393 g/mol. The minimum atomic E-state index is -3.61. The summed E-state index contributed by atoms with van der Waals surface area (Å²) >= 11 is 0. The zero-order valence-corrected chi connectivity index (χ0v) is 16.9. The maximum atomic E-state index is 13.4. The molecule has 3 heterocycles. The van der Waals surface area contributed by atoms with E-state index in [9.17, 15) is 8.42 Å². The first-order valence-electron chi connectivity index (χ1n) is 10.1. The Hall–Kier alpha value is -0.950. The van der Waals surface area contributed by atoms with Crippen molar-refractivity contribution in [2.24, 2.45) is 23.7 Å². The number of hydrogen-bond acceptors (Lipinski definition) is 5. The summed E-state index contributed by atoms with van der Waals surface area (Å²) < 4.78 is 45.8. The normalized spacial score (nSPS) is 48.9. The lowest BCUT2D eigenvalue weighted by Crippen LogP contribution is -2.66. The summed E-state index contributed by atoms with van der Waals surface area (Å²) in [7, 11) is -3.61. The average Bonchev–Trinajstić information content (AvgIpc) is 2.86. The molecule has 2 bridgehead atoms. The second-order valence-corrected chi connectivity index (χ2v) is 11.1.